The van der Waals surface area contributed by atoms with Crippen LogP contribution >= 0.6 is 27.7 Å². The number of hydrogen-bond acceptors (Lipinski definition) is 2. The van der Waals surface area contributed by atoms with E-state index in [-0.39, 0.29) is 0 Å². The first kappa shape index (κ1) is 16.6. The Bertz CT molecular complexity index is 610. The zero-order valence-corrected chi connectivity index (χ0v) is 15.3. The van der Waals surface area contributed by atoms with Crippen molar-refractivity contribution in [3.8, 4) is 0 Å². The summed E-state index contributed by atoms with van der Waals surface area (Å²) >= 11 is 5.52. The van der Waals surface area contributed by atoms with E-state index in [0.717, 1.165) is 13.1 Å². The molecule has 2 rings (SSSR count). The normalized spacial score (nSPS) is 10.9. The Kier molecular flexibility index (Phi) is 6.34. The maximum absolute atomic E-state index is 3.70. The molecule has 21 heavy (non-hydrogen) atoms. The summed E-state index contributed by atoms with van der Waals surface area (Å²) in [5.74, 6) is 0. The van der Waals surface area contributed by atoms with Gasteiger partial charge in [-0.2, -0.15) is 0 Å². The van der Waals surface area contributed by atoms with Crippen molar-refractivity contribution in [1.82, 2.24) is 5.32 Å². The summed E-state index contributed by atoms with van der Waals surface area (Å²) < 4.78 is 1.17. The number of nitrogens with one attached hydrogen (secondary N) is 1. The first-order valence-electron chi connectivity index (χ1n) is 7.34. The summed E-state index contributed by atoms with van der Waals surface area (Å²) in [5.41, 5.74) is 3.97. The molecule has 0 aliphatic carbocycles. The Labute approximate surface area is 140 Å². The smallest absolute Gasteiger partial charge is 0.0318 e. The molecule has 0 fully saturated rings. The van der Waals surface area contributed by atoms with Gasteiger partial charge in [-0.25, -0.2) is 0 Å². The van der Waals surface area contributed by atoms with Gasteiger partial charge < -0.3 is 5.32 Å². The van der Waals surface area contributed by atoms with E-state index in [1.807, 2.05) is 11.8 Å². The molecular weight excluding hydrogens is 342 g/mol. The van der Waals surface area contributed by atoms with Gasteiger partial charge >= 0.3 is 0 Å². The van der Waals surface area contributed by atoms with Crippen molar-refractivity contribution in [2.24, 2.45) is 0 Å². The molecule has 0 aromatic heterocycles. The molecule has 0 bridgehead atoms. The van der Waals surface area contributed by atoms with Gasteiger partial charge in [0.25, 0.3) is 0 Å². The summed E-state index contributed by atoms with van der Waals surface area (Å²) in [6.45, 7) is 8.49. The second kappa shape index (κ2) is 8.02. The van der Waals surface area contributed by atoms with Crippen LogP contribution in [0, 0.1) is 13.8 Å². The van der Waals surface area contributed by atoms with Crippen LogP contribution in [-0.2, 0) is 6.54 Å². The van der Waals surface area contributed by atoms with Gasteiger partial charge in [0, 0.05) is 20.8 Å². The number of rotatable bonds is 6. The van der Waals surface area contributed by atoms with E-state index in [2.05, 4.69) is 78.4 Å². The average molecular weight is 364 g/mol. The third kappa shape index (κ3) is 4.87. The Hall–Kier alpha value is -0.770. The molecule has 0 aliphatic heterocycles. The molecule has 2 aromatic carbocycles. The second-order valence-corrected chi connectivity index (χ2v) is 7.25. The van der Waals surface area contributed by atoms with Crippen molar-refractivity contribution in [2.75, 3.05) is 6.54 Å². The SMILES string of the molecule is CCCNCc1ccc(Sc2ccc(C)cc2C)c(Br)c1. The lowest BCUT2D eigenvalue weighted by atomic mass is 10.2. The van der Waals surface area contributed by atoms with Crippen LogP contribution in [0.25, 0.3) is 0 Å². The Balaban J connectivity index is 2.10. The van der Waals surface area contributed by atoms with E-state index in [1.54, 1.807) is 0 Å². The molecule has 1 N–H and O–H groups in total. The number of hydrogen-bond donors (Lipinski definition) is 1. The van der Waals surface area contributed by atoms with E-state index >= 15 is 0 Å². The first-order chi connectivity index (χ1) is 10.1. The molecule has 0 unspecified atom stereocenters. The van der Waals surface area contributed by atoms with Crippen molar-refractivity contribution >= 4 is 27.7 Å². The largest absolute Gasteiger partial charge is 0.313 e. The quantitative estimate of drug-likeness (QED) is 0.658. The van der Waals surface area contributed by atoms with Crippen molar-refractivity contribution in [3.63, 3.8) is 0 Å². The Morgan fingerprint density at radius 3 is 2.48 bits per heavy atom. The van der Waals surface area contributed by atoms with Crippen LogP contribution in [0.5, 0.6) is 0 Å². The maximum atomic E-state index is 3.70. The number of aryl methyl sites for hydroxylation is 2. The van der Waals surface area contributed by atoms with E-state index < -0.39 is 0 Å². The predicted molar refractivity (Wildman–Crippen MR) is 96.2 cm³/mol. The number of halogens is 1. The Morgan fingerprint density at radius 2 is 1.81 bits per heavy atom. The van der Waals surface area contributed by atoms with Gasteiger partial charge in [-0.15, -0.1) is 0 Å². The monoisotopic (exact) mass is 363 g/mol. The number of benzene rings is 2. The Morgan fingerprint density at radius 1 is 1.05 bits per heavy atom. The lowest BCUT2D eigenvalue weighted by Crippen LogP contribution is -2.13. The fourth-order valence-corrected chi connectivity index (χ4v) is 3.73. The molecule has 0 radical (unpaired) electrons. The lowest BCUT2D eigenvalue weighted by molar-refractivity contribution is 0.675. The molecule has 0 atom stereocenters. The zero-order valence-electron chi connectivity index (χ0n) is 12.9. The van der Waals surface area contributed by atoms with Crippen molar-refractivity contribution in [1.29, 1.82) is 0 Å². The molecule has 0 spiro atoms. The molecule has 0 saturated heterocycles. The molecular formula is C18H22BrNS. The van der Waals surface area contributed by atoms with E-state index in [4.69, 9.17) is 0 Å². The molecule has 0 aliphatic rings. The van der Waals surface area contributed by atoms with Crippen molar-refractivity contribution in [2.45, 2.75) is 43.5 Å². The van der Waals surface area contributed by atoms with Gasteiger partial charge in [-0.1, -0.05) is 42.4 Å². The van der Waals surface area contributed by atoms with Crippen LogP contribution in [0.4, 0.5) is 0 Å². The minimum Gasteiger partial charge on any atom is -0.313 e. The lowest BCUT2D eigenvalue weighted by Gasteiger charge is -2.10. The van der Waals surface area contributed by atoms with Gasteiger partial charge in [0.05, 0.1) is 0 Å². The highest BCUT2D eigenvalue weighted by molar-refractivity contribution is 9.10. The van der Waals surface area contributed by atoms with Gasteiger partial charge in [0.1, 0.15) is 0 Å². The fraction of sp³-hybridized carbons (Fsp3) is 0.333. The molecule has 1 nitrogen and oxygen atoms in total. The van der Waals surface area contributed by atoms with Gasteiger partial charge in [-0.05, 0) is 72.1 Å². The summed E-state index contributed by atoms with van der Waals surface area (Å²) in [6, 6.07) is 13.2. The van der Waals surface area contributed by atoms with E-state index in [1.165, 1.54) is 37.4 Å². The van der Waals surface area contributed by atoms with Gasteiger partial charge in [0.2, 0.25) is 0 Å². The summed E-state index contributed by atoms with van der Waals surface area (Å²) in [7, 11) is 0. The fourth-order valence-electron chi connectivity index (χ4n) is 2.18. The standard InChI is InChI=1S/C18H22BrNS/c1-4-9-20-12-15-6-8-18(16(19)11-15)21-17-7-5-13(2)10-14(17)3/h5-8,10-11,20H,4,9,12H2,1-3H3. The van der Waals surface area contributed by atoms with Crippen LogP contribution in [0.15, 0.2) is 50.7 Å². The minimum atomic E-state index is 0.931. The topological polar surface area (TPSA) is 12.0 Å². The van der Waals surface area contributed by atoms with Crippen LogP contribution < -0.4 is 5.32 Å². The molecule has 2 aromatic rings. The summed E-state index contributed by atoms with van der Waals surface area (Å²) in [5, 5.41) is 3.44. The first-order valence-corrected chi connectivity index (χ1v) is 8.95. The molecule has 112 valence electrons. The predicted octanol–water partition coefficient (Wildman–Crippen LogP) is 5.72. The second-order valence-electron chi connectivity index (χ2n) is 5.31. The molecule has 0 saturated carbocycles. The van der Waals surface area contributed by atoms with Gasteiger partial charge in [0.15, 0.2) is 0 Å². The molecule has 0 heterocycles. The van der Waals surface area contributed by atoms with E-state index in [9.17, 15) is 0 Å². The highest BCUT2D eigenvalue weighted by Crippen LogP contribution is 2.35. The average Bonchev–Trinajstić information content (AvgIpc) is 2.44. The van der Waals surface area contributed by atoms with Crippen LogP contribution in [0.3, 0.4) is 0 Å². The third-order valence-corrected chi connectivity index (χ3v) is 5.47. The van der Waals surface area contributed by atoms with Crippen LogP contribution in [-0.4, -0.2) is 6.54 Å². The summed E-state index contributed by atoms with van der Waals surface area (Å²) in [4.78, 5) is 2.58. The molecule has 0 amide bonds. The highest BCUT2D eigenvalue weighted by Gasteiger charge is 2.06. The maximum Gasteiger partial charge on any atom is 0.0318 e. The van der Waals surface area contributed by atoms with Crippen LogP contribution in [0.1, 0.15) is 30.0 Å². The van der Waals surface area contributed by atoms with Crippen LogP contribution in [0.2, 0.25) is 0 Å². The highest BCUT2D eigenvalue weighted by atomic mass is 79.9. The summed E-state index contributed by atoms with van der Waals surface area (Å²) in [6.07, 6.45) is 1.17. The zero-order chi connectivity index (χ0) is 15.2. The van der Waals surface area contributed by atoms with Crippen molar-refractivity contribution in [3.05, 3.63) is 57.6 Å². The minimum absolute atomic E-state index is 0.931. The van der Waals surface area contributed by atoms with Gasteiger partial charge in [-0.3, -0.25) is 0 Å². The third-order valence-electron chi connectivity index (χ3n) is 3.30. The van der Waals surface area contributed by atoms with Crippen molar-refractivity contribution < 1.29 is 0 Å². The molecule has 3 heteroatoms. The van der Waals surface area contributed by atoms with E-state index in [0.29, 0.717) is 0 Å².